The van der Waals surface area contributed by atoms with Gasteiger partial charge in [0.2, 0.25) is 0 Å². The maximum Gasteiger partial charge on any atom is 0.0796 e. The summed E-state index contributed by atoms with van der Waals surface area (Å²) in [4.78, 5) is 0. The van der Waals surface area contributed by atoms with E-state index in [-0.39, 0.29) is 0 Å². The fraction of sp³-hybridized carbons (Fsp3) is 0.462. The predicted molar refractivity (Wildman–Crippen MR) is 62.1 cm³/mol. The van der Waals surface area contributed by atoms with E-state index in [1.165, 1.54) is 5.57 Å². The summed E-state index contributed by atoms with van der Waals surface area (Å²) in [5, 5.41) is 12.0. The summed E-state index contributed by atoms with van der Waals surface area (Å²) in [5.74, 6) is 1.29. The Morgan fingerprint density at radius 2 is 2.27 bits per heavy atom. The van der Waals surface area contributed by atoms with Crippen LogP contribution >= 0.6 is 0 Å². The van der Waals surface area contributed by atoms with E-state index in [9.17, 15) is 0 Å². The maximum atomic E-state index is 8.76. The highest BCUT2D eigenvalue weighted by molar-refractivity contribution is 5.98. The molecule has 2 unspecified atom stereocenters. The average Bonchev–Trinajstić information content (AvgIpc) is 2.28. The Labute approximate surface area is 90.7 Å². The number of rotatable bonds is 1. The molecular formula is C13H17NO. The highest BCUT2D eigenvalue weighted by Gasteiger charge is 2.26. The van der Waals surface area contributed by atoms with Gasteiger partial charge in [-0.3, -0.25) is 0 Å². The number of nitrogens with zero attached hydrogens (tertiary/aromatic N) is 1. The van der Waals surface area contributed by atoms with Crippen LogP contribution < -0.4 is 0 Å². The minimum atomic E-state index is 0.603. The van der Waals surface area contributed by atoms with Crippen molar-refractivity contribution in [3.8, 4) is 0 Å². The molecule has 0 spiro atoms. The highest BCUT2D eigenvalue weighted by Crippen LogP contribution is 2.37. The molecule has 0 saturated carbocycles. The molecule has 0 aromatic rings. The lowest BCUT2D eigenvalue weighted by Crippen LogP contribution is -2.20. The van der Waals surface area contributed by atoms with E-state index in [0.717, 1.165) is 24.1 Å². The molecule has 0 saturated heterocycles. The summed E-state index contributed by atoms with van der Waals surface area (Å²) in [6, 6.07) is 0. The van der Waals surface area contributed by atoms with Crippen molar-refractivity contribution in [2.45, 2.75) is 26.7 Å². The fourth-order valence-electron chi connectivity index (χ4n) is 2.37. The summed E-state index contributed by atoms with van der Waals surface area (Å²) in [7, 11) is 0. The summed E-state index contributed by atoms with van der Waals surface area (Å²) in [6.07, 6.45) is 10.9. The standard InChI is InChI=1S/C13H17NO/c1-9-4-3-5-11-6-7-12(8-13(9)11)10(2)14-15/h3,5-7,9,13,15H,4,8H2,1-2H3/b14-10+. The van der Waals surface area contributed by atoms with Crippen LogP contribution in [0.3, 0.4) is 0 Å². The van der Waals surface area contributed by atoms with Gasteiger partial charge >= 0.3 is 0 Å². The largest absolute Gasteiger partial charge is 0.411 e. The first-order valence-electron chi connectivity index (χ1n) is 5.48. The lowest BCUT2D eigenvalue weighted by Gasteiger charge is -2.31. The lowest BCUT2D eigenvalue weighted by atomic mass is 9.74. The Hall–Kier alpha value is -1.31. The molecule has 2 atom stereocenters. The van der Waals surface area contributed by atoms with Crippen LogP contribution in [-0.4, -0.2) is 10.9 Å². The van der Waals surface area contributed by atoms with E-state index < -0.39 is 0 Å². The Bertz CT molecular complexity index is 374. The SMILES string of the molecule is C/C(=N\O)C1=CC=C2C=CCC(C)C2C1. The van der Waals surface area contributed by atoms with Crippen molar-refractivity contribution in [2.24, 2.45) is 17.0 Å². The minimum Gasteiger partial charge on any atom is -0.411 e. The van der Waals surface area contributed by atoms with E-state index in [2.05, 4.69) is 36.4 Å². The molecule has 1 N–H and O–H groups in total. The third-order valence-corrected chi connectivity index (χ3v) is 3.46. The van der Waals surface area contributed by atoms with Gasteiger partial charge in [0.25, 0.3) is 0 Å². The van der Waals surface area contributed by atoms with E-state index >= 15 is 0 Å². The van der Waals surface area contributed by atoms with Gasteiger partial charge in [0.1, 0.15) is 0 Å². The number of fused-ring (bicyclic) bond motifs is 1. The monoisotopic (exact) mass is 203 g/mol. The van der Waals surface area contributed by atoms with Crippen LogP contribution in [0.1, 0.15) is 26.7 Å². The molecule has 2 aliphatic carbocycles. The van der Waals surface area contributed by atoms with E-state index in [4.69, 9.17) is 5.21 Å². The Morgan fingerprint density at radius 1 is 1.47 bits per heavy atom. The predicted octanol–water partition coefficient (Wildman–Crippen LogP) is 3.31. The van der Waals surface area contributed by atoms with Crippen molar-refractivity contribution in [3.63, 3.8) is 0 Å². The molecule has 15 heavy (non-hydrogen) atoms. The van der Waals surface area contributed by atoms with Crippen molar-refractivity contribution < 1.29 is 5.21 Å². The Balaban J connectivity index is 2.28. The van der Waals surface area contributed by atoms with Crippen LogP contribution in [0.5, 0.6) is 0 Å². The number of hydrogen-bond donors (Lipinski definition) is 1. The van der Waals surface area contributed by atoms with E-state index in [0.29, 0.717) is 11.8 Å². The lowest BCUT2D eigenvalue weighted by molar-refractivity contribution is 0.318. The Morgan fingerprint density at radius 3 is 3.00 bits per heavy atom. The molecule has 0 amide bonds. The van der Waals surface area contributed by atoms with Crippen molar-refractivity contribution in [1.82, 2.24) is 0 Å². The first kappa shape index (κ1) is 10.2. The summed E-state index contributed by atoms with van der Waals surface area (Å²) >= 11 is 0. The van der Waals surface area contributed by atoms with Crippen LogP contribution in [0.25, 0.3) is 0 Å². The van der Waals surface area contributed by atoms with E-state index in [1.807, 2.05) is 6.92 Å². The van der Waals surface area contributed by atoms with Gasteiger partial charge < -0.3 is 5.21 Å². The Kier molecular flexibility index (Phi) is 2.76. The second kappa shape index (κ2) is 4.05. The van der Waals surface area contributed by atoms with E-state index in [1.54, 1.807) is 0 Å². The molecule has 2 rings (SSSR count). The highest BCUT2D eigenvalue weighted by atomic mass is 16.4. The molecule has 2 heteroatoms. The minimum absolute atomic E-state index is 0.603. The molecule has 0 radical (unpaired) electrons. The van der Waals surface area contributed by atoms with Gasteiger partial charge in [-0.15, -0.1) is 0 Å². The van der Waals surface area contributed by atoms with Gasteiger partial charge in [0, 0.05) is 0 Å². The zero-order chi connectivity index (χ0) is 10.8. The summed E-state index contributed by atoms with van der Waals surface area (Å²) in [5.41, 5.74) is 3.32. The van der Waals surface area contributed by atoms with Gasteiger partial charge in [0.15, 0.2) is 0 Å². The molecule has 2 aliphatic rings. The number of oxime groups is 1. The average molecular weight is 203 g/mol. The van der Waals surface area contributed by atoms with Gasteiger partial charge in [-0.2, -0.15) is 0 Å². The smallest absolute Gasteiger partial charge is 0.0796 e. The molecule has 2 nitrogen and oxygen atoms in total. The summed E-state index contributed by atoms with van der Waals surface area (Å²) in [6.45, 7) is 4.14. The van der Waals surface area contributed by atoms with Crippen LogP contribution in [0, 0.1) is 11.8 Å². The third kappa shape index (κ3) is 1.89. The first-order chi connectivity index (χ1) is 7.22. The number of hydrogen-bond acceptors (Lipinski definition) is 2. The maximum absolute atomic E-state index is 8.76. The number of allylic oxidation sites excluding steroid dienone is 6. The van der Waals surface area contributed by atoms with Gasteiger partial charge in [-0.25, -0.2) is 0 Å². The van der Waals surface area contributed by atoms with Gasteiger partial charge in [0.05, 0.1) is 5.71 Å². The van der Waals surface area contributed by atoms with Gasteiger partial charge in [-0.05, 0) is 42.7 Å². The van der Waals surface area contributed by atoms with Gasteiger partial charge in [-0.1, -0.05) is 36.4 Å². The molecule has 0 fully saturated rings. The normalized spacial score (nSPS) is 30.7. The zero-order valence-electron chi connectivity index (χ0n) is 9.27. The molecule has 0 aromatic heterocycles. The molecule has 80 valence electrons. The van der Waals surface area contributed by atoms with Crippen molar-refractivity contribution in [1.29, 1.82) is 0 Å². The zero-order valence-corrected chi connectivity index (χ0v) is 9.27. The summed E-state index contributed by atoms with van der Waals surface area (Å²) < 4.78 is 0. The second-order valence-corrected chi connectivity index (χ2v) is 4.47. The van der Waals surface area contributed by atoms with Crippen LogP contribution in [0.2, 0.25) is 0 Å². The molecule has 0 bridgehead atoms. The second-order valence-electron chi connectivity index (χ2n) is 4.47. The topological polar surface area (TPSA) is 32.6 Å². The van der Waals surface area contributed by atoms with Crippen LogP contribution in [0.4, 0.5) is 0 Å². The van der Waals surface area contributed by atoms with Crippen LogP contribution in [0.15, 0.2) is 40.6 Å². The van der Waals surface area contributed by atoms with Crippen molar-refractivity contribution in [2.75, 3.05) is 0 Å². The fourth-order valence-corrected chi connectivity index (χ4v) is 2.37. The van der Waals surface area contributed by atoms with Crippen molar-refractivity contribution in [3.05, 3.63) is 35.5 Å². The molecular weight excluding hydrogens is 186 g/mol. The van der Waals surface area contributed by atoms with Crippen molar-refractivity contribution >= 4 is 5.71 Å². The van der Waals surface area contributed by atoms with Crippen LogP contribution in [-0.2, 0) is 0 Å². The molecule has 0 heterocycles. The third-order valence-electron chi connectivity index (χ3n) is 3.46. The molecule has 0 aliphatic heterocycles. The first-order valence-corrected chi connectivity index (χ1v) is 5.48. The molecule has 0 aromatic carbocycles. The quantitative estimate of drug-likeness (QED) is 0.396.